The van der Waals surface area contributed by atoms with Crippen LogP contribution in [0.25, 0.3) is 10.9 Å². The van der Waals surface area contributed by atoms with Gasteiger partial charge in [-0.15, -0.1) is 0 Å². The van der Waals surface area contributed by atoms with Gasteiger partial charge < -0.3 is 15.2 Å². The second-order valence-electron chi connectivity index (χ2n) is 6.69. The zero-order valence-electron chi connectivity index (χ0n) is 15.6. The molecule has 0 radical (unpaired) electrons. The van der Waals surface area contributed by atoms with Crippen LogP contribution in [0.1, 0.15) is 22.3 Å². The zero-order chi connectivity index (χ0) is 19.6. The summed E-state index contributed by atoms with van der Waals surface area (Å²) in [4.78, 5) is 17.4. The number of benzene rings is 2. The monoisotopic (exact) mass is 383 g/mol. The third-order valence-electron chi connectivity index (χ3n) is 4.68. The summed E-state index contributed by atoms with van der Waals surface area (Å²) in [5, 5.41) is 4.48. The Morgan fingerprint density at radius 1 is 1.11 bits per heavy atom. The van der Waals surface area contributed by atoms with E-state index in [-0.39, 0.29) is 11.4 Å². The fourth-order valence-electron chi connectivity index (χ4n) is 3.01. The van der Waals surface area contributed by atoms with Gasteiger partial charge in [0.15, 0.2) is 5.11 Å². The Hall–Kier alpha value is -2.73. The maximum absolute atomic E-state index is 13.2. The van der Waals surface area contributed by atoms with E-state index in [0.717, 1.165) is 22.0 Å². The highest BCUT2D eigenvalue weighted by Crippen LogP contribution is 2.18. The van der Waals surface area contributed by atoms with Gasteiger partial charge in [-0.3, -0.25) is 4.79 Å². The van der Waals surface area contributed by atoms with Gasteiger partial charge in [-0.2, -0.15) is 0 Å². The van der Waals surface area contributed by atoms with Gasteiger partial charge in [0.05, 0.1) is 6.54 Å². The number of fused-ring (bicyclic) bond motifs is 1. The van der Waals surface area contributed by atoms with Crippen LogP contribution in [0, 0.1) is 19.7 Å². The molecule has 0 unspecified atom stereocenters. The smallest absolute Gasteiger partial charge is 0.253 e. The van der Waals surface area contributed by atoms with Crippen molar-refractivity contribution >= 4 is 28.2 Å². The molecule has 1 heterocycles. The minimum Gasteiger partial charge on any atom is -0.366 e. The summed E-state index contributed by atoms with van der Waals surface area (Å²) >= 11 is 5.41. The van der Waals surface area contributed by atoms with Crippen molar-refractivity contribution in [3.63, 3.8) is 0 Å². The molecule has 0 aliphatic carbocycles. The maximum Gasteiger partial charge on any atom is 0.253 e. The number of rotatable bonds is 4. The molecule has 2 N–H and O–H groups in total. The van der Waals surface area contributed by atoms with E-state index in [0.29, 0.717) is 23.8 Å². The Balaban J connectivity index is 1.94. The van der Waals surface area contributed by atoms with Crippen LogP contribution < -0.4 is 10.9 Å². The Kier molecular flexibility index (Phi) is 5.56. The minimum atomic E-state index is -0.280. The van der Waals surface area contributed by atoms with Crippen LogP contribution in [0.5, 0.6) is 0 Å². The van der Waals surface area contributed by atoms with E-state index in [2.05, 4.69) is 23.3 Å². The maximum atomic E-state index is 13.2. The standard InChI is InChI=1S/C21H22FN3OS/c1-13-8-16-10-17(20(26)24-19(16)9-14(13)2)12-25(21(27)23-3)11-15-4-6-18(22)7-5-15/h4-10H,11-12H2,1-3H3,(H,23,27)(H,24,26). The third-order valence-corrected chi connectivity index (χ3v) is 5.15. The molecule has 0 aliphatic rings. The van der Waals surface area contributed by atoms with E-state index in [1.807, 2.05) is 24.0 Å². The van der Waals surface area contributed by atoms with Crippen molar-refractivity contribution in [2.75, 3.05) is 7.05 Å². The average molecular weight is 383 g/mol. The van der Waals surface area contributed by atoms with Gasteiger partial charge in [0.2, 0.25) is 0 Å². The Labute approximate surface area is 163 Å². The van der Waals surface area contributed by atoms with Crippen molar-refractivity contribution in [3.05, 3.63) is 80.9 Å². The van der Waals surface area contributed by atoms with Crippen LogP contribution in [-0.2, 0) is 13.1 Å². The van der Waals surface area contributed by atoms with Gasteiger partial charge in [0.25, 0.3) is 5.56 Å². The van der Waals surface area contributed by atoms with Crippen LogP contribution in [0.4, 0.5) is 4.39 Å². The predicted octanol–water partition coefficient (Wildman–Crippen LogP) is 3.79. The van der Waals surface area contributed by atoms with E-state index in [9.17, 15) is 9.18 Å². The Bertz CT molecular complexity index is 1040. The first kappa shape index (κ1) is 19.0. The summed E-state index contributed by atoms with van der Waals surface area (Å²) in [6, 6.07) is 12.3. The summed E-state index contributed by atoms with van der Waals surface area (Å²) in [6.45, 7) is 4.91. The highest BCUT2D eigenvalue weighted by atomic mass is 32.1. The van der Waals surface area contributed by atoms with Gasteiger partial charge in [0, 0.05) is 24.7 Å². The van der Waals surface area contributed by atoms with Gasteiger partial charge in [-0.1, -0.05) is 12.1 Å². The third kappa shape index (κ3) is 4.34. The van der Waals surface area contributed by atoms with Crippen molar-refractivity contribution in [2.45, 2.75) is 26.9 Å². The van der Waals surface area contributed by atoms with Crippen molar-refractivity contribution in [2.24, 2.45) is 0 Å². The molecule has 3 aromatic rings. The number of pyridine rings is 1. The number of hydrogen-bond acceptors (Lipinski definition) is 2. The number of nitrogens with zero attached hydrogens (tertiary/aromatic N) is 1. The summed E-state index contributed by atoms with van der Waals surface area (Å²) in [7, 11) is 1.75. The largest absolute Gasteiger partial charge is 0.366 e. The van der Waals surface area contributed by atoms with E-state index in [4.69, 9.17) is 12.2 Å². The van der Waals surface area contributed by atoms with Crippen molar-refractivity contribution in [3.8, 4) is 0 Å². The number of thiocarbonyl (C=S) groups is 1. The van der Waals surface area contributed by atoms with Crippen LogP contribution in [0.2, 0.25) is 0 Å². The van der Waals surface area contributed by atoms with Gasteiger partial charge >= 0.3 is 0 Å². The normalized spacial score (nSPS) is 10.8. The second kappa shape index (κ2) is 7.88. The predicted molar refractivity (Wildman–Crippen MR) is 111 cm³/mol. The van der Waals surface area contributed by atoms with E-state index in [1.54, 1.807) is 19.2 Å². The highest BCUT2D eigenvalue weighted by molar-refractivity contribution is 7.80. The van der Waals surface area contributed by atoms with Crippen molar-refractivity contribution in [1.29, 1.82) is 0 Å². The number of aromatic amines is 1. The van der Waals surface area contributed by atoms with Crippen molar-refractivity contribution < 1.29 is 4.39 Å². The van der Waals surface area contributed by atoms with E-state index in [1.165, 1.54) is 17.7 Å². The molecular weight excluding hydrogens is 361 g/mol. The topological polar surface area (TPSA) is 48.1 Å². The molecule has 0 saturated carbocycles. The molecule has 0 bridgehead atoms. The number of halogens is 1. The first-order valence-electron chi connectivity index (χ1n) is 8.71. The number of H-pyrrole nitrogens is 1. The van der Waals surface area contributed by atoms with Crippen molar-refractivity contribution in [1.82, 2.24) is 15.2 Å². The van der Waals surface area contributed by atoms with Crippen LogP contribution in [0.15, 0.2) is 47.3 Å². The molecule has 0 fully saturated rings. The van der Waals surface area contributed by atoms with Crippen LogP contribution >= 0.6 is 12.2 Å². The van der Waals surface area contributed by atoms with E-state index >= 15 is 0 Å². The number of aromatic nitrogens is 1. The molecule has 4 nitrogen and oxygen atoms in total. The second-order valence-corrected chi connectivity index (χ2v) is 7.07. The molecule has 140 valence electrons. The summed E-state index contributed by atoms with van der Waals surface area (Å²) in [5.41, 5.74) is 4.56. The summed E-state index contributed by atoms with van der Waals surface area (Å²) in [5.74, 6) is -0.280. The quantitative estimate of drug-likeness (QED) is 0.673. The highest BCUT2D eigenvalue weighted by Gasteiger charge is 2.13. The van der Waals surface area contributed by atoms with Gasteiger partial charge in [0.1, 0.15) is 5.82 Å². The molecule has 0 atom stereocenters. The Morgan fingerprint density at radius 2 is 1.78 bits per heavy atom. The fourth-order valence-corrected chi connectivity index (χ4v) is 3.14. The number of aryl methyl sites for hydroxylation is 2. The molecular formula is C21H22FN3OS. The summed E-state index contributed by atoms with van der Waals surface area (Å²) < 4.78 is 13.2. The first-order chi connectivity index (χ1) is 12.9. The SMILES string of the molecule is CNC(=S)N(Cc1ccc(F)cc1)Cc1cc2cc(C)c(C)cc2[nH]c1=O. The molecule has 6 heteroatoms. The first-order valence-corrected chi connectivity index (χ1v) is 9.12. The molecule has 0 spiro atoms. The van der Waals surface area contributed by atoms with E-state index < -0.39 is 0 Å². The molecule has 3 rings (SSSR count). The van der Waals surface area contributed by atoms with Gasteiger partial charge in [-0.05, 0) is 78.5 Å². The zero-order valence-corrected chi connectivity index (χ0v) is 16.4. The Morgan fingerprint density at radius 3 is 2.44 bits per heavy atom. The lowest BCUT2D eigenvalue weighted by Gasteiger charge is -2.25. The molecule has 0 amide bonds. The molecule has 0 aliphatic heterocycles. The lowest BCUT2D eigenvalue weighted by molar-refractivity contribution is 0.400. The molecule has 0 saturated heterocycles. The molecule has 1 aromatic heterocycles. The number of nitrogens with one attached hydrogen (secondary N) is 2. The number of hydrogen-bond donors (Lipinski definition) is 2. The fraction of sp³-hybridized carbons (Fsp3) is 0.238. The van der Waals surface area contributed by atoms with Crippen LogP contribution in [-0.4, -0.2) is 22.0 Å². The van der Waals surface area contributed by atoms with Gasteiger partial charge in [-0.25, -0.2) is 4.39 Å². The minimum absolute atomic E-state index is 0.131. The molecule has 27 heavy (non-hydrogen) atoms. The molecule has 2 aromatic carbocycles. The average Bonchev–Trinajstić information content (AvgIpc) is 2.64. The summed E-state index contributed by atoms with van der Waals surface area (Å²) in [6.07, 6.45) is 0. The van der Waals surface area contributed by atoms with Crippen LogP contribution in [0.3, 0.4) is 0 Å². The lowest BCUT2D eigenvalue weighted by atomic mass is 10.0. The lowest BCUT2D eigenvalue weighted by Crippen LogP contribution is -2.38.